The van der Waals surface area contributed by atoms with Crippen LogP contribution >= 0.6 is 0 Å². The maximum Gasteiger partial charge on any atom is 0.410 e. The van der Waals surface area contributed by atoms with Gasteiger partial charge in [0.2, 0.25) is 17.6 Å². The molecule has 0 saturated carbocycles. The Kier molecular flexibility index (Phi) is 7.21. The monoisotopic (exact) mass is 469 g/mol. The molecule has 0 radical (unpaired) electrons. The van der Waals surface area contributed by atoms with Crippen LogP contribution in [0.3, 0.4) is 0 Å². The van der Waals surface area contributed by atoms with Gasteiger partial charge in [0.15, 0.2) is 0 Å². The Morgan fingerprint density at radius 3 is 2.44 bits per heavy atom. The van der Waals surface area contributed by atoms with Gasteiger partial charge in [0.05, 0.1) is 6.54 Å². The number of carbonyl (C=O) groups excluding carboxylic acids is 2. The molecule has 1 unspecified atom stereocenters. The van der Waals surface area contributed by atoms with Crippen molar-refractivity contribution in [2.75, 3.05) is 32.7 Å². The van der Waals surface area contributed by atoms with Crippen molar-refractivity contribution in [3.8, 4) is 11.4 Å². The quantitative estimate of drug-likeness (QED) is 0.677. The van der Waals surface area contributed by atoms with Crippen molar-refractivity contribution in [1.29, 1.82) is 0 Å². The lowest BCUT2D eigenvalue weighted by Gasteiger charge is -2.40. The first-order valence-electron chi connectivity index (χ1n) is 12.1. The summed E-state index contributed by atoms with van der Waals surface area (Å²) in [6, 6.07) is 7.58. The van der Waals surface area contributed by atoms with E-state index in [0.29, 0.717) is 57.4 Å². The third kappa shape index (κ3) is 5.94. The number of hydrogen-bond donors (Lipinski definition) is 0. The Morgan fingerprint density at radius 1 is 1.06 bits per heavy atom. The Bertz CT molecular complexity index is 989. The van der Waals surface area contributed by atoms with Crippen molar-refractivity contribution in [3.05, 3.63) is 35.7 Å². The van der Waals surface area contributed by atoms with E-state index in [-0.39, 0.29) is 5.91 Å². The van der Waals surface area contributed by atoms with Crippen LogP contribution in [0.1, 0.15) is 51.5 Å². The maximum atomic E-state index is 13.3. The van der Waals surface area contributed by atoms with Gasteiger partial charge in [0.1, 0.15) is 11.6 Å². The minimum absolute atomic E-state index is 0.0182. The predicted octanol–water partition coefficient (Wildman–Crippen LogP) is 3.48. The highest BCUT2D eigenvalue weighted by atomic mass is 16.6. The third-order valence-corrected chi connectivity index (χ3v) is 6.24. The number of likely N-dealkylation sites (tertiary alicyclic amines) is 1. The van der Waals surface area contributed by atoms with Crippen LogP contribution in [0.2, 0.25) is 0 Å². The smallest absolute Gasteiger partial charge is 0.410 e. The summed E-state index contributed by atoms with van der Waals surface area (Å²) in [5, 5.41) is 4.11. The average molecular weight is 470 g/mol. The number of piperazine rings is 1. The number of benzene rings is 1. The molecule has 2 saturated heterocycles. The molecular weight excluding hydrogens is 434 g/mol. The second-order valence-electron chi connectivity index (χ2n) is 10.2. The van der Waals surface area contributed by atoms with Crippen LogP contribution in [0.25, 0.3) is 11.4 Å². The van der Waals surface area contributed by atoms with E-state index in [0.717, 1.165) is 18.4 Å². The summed E-state index contributed by atoms with van der Waals surface area (Å²) in [7, 11) is 0. The number of ether oxygens (including phenoxy) is 1. The Hall–Kier alpha value is -2.94. The zero-order chi connectivity index (χ0) is 24.3. The van der Waals surface area contributed by atoms with Crippen molar-refractivity contribution in [1.82, 2.24) is 24.8 Å². The summed E-state index contributed by atoms with van der Waals surface area (Å²) in [6.07, 6.45) is 2.12. The van der Waals surface area contributed by atoms with Crippen molar-refractivity contribution < 1.29 is 18.8 Å². The molecule has 0 bridgehead atoms. The SMILES string of the molecule is Cc1ccc(-c2noc(CN3CCN(C(=O)C4CCCCN4C(=O)OC(C)(C)C)CC3)n2)cc1. The number of hydrogen-bond acceptors (Lipinski definition) is 7. The molecule has 0 aliphatic carbocycles. The Labute approximate surface area is 201 Å². The second-order valence-corrected chi connectivity index (χ2v) is 10.2. The van der Waals surface area contributed by atoms with Crippen LogP contribution in [-0.4, -0.2) is 81.2 Å². The zero-order valence-electron chi connectivity index (χ0n) is 20.6. The Balaban J connectivity index is 1.31. The van der Waals surface area contributed by atoms with Crippen molar-refractivity contribution in [3.63, 3.8) is 0 Å². The van der Waals surface area contributed by atoms with E-state index in [1.165, 1.54) is 5.56 Å². The molecule has 3 heterocycles. The van der Waals surface area contributed by atoms with Crippen LogP contribution in [0, 0.1) is 6.92 Å². The molecule has 1 aromatic heterocycles. The van der Waals surface area contributed by atoms with Crippen LogP contribution < -0.4 is 0 Å². The molecular formula is C25H35N5O4. The lowest BCUT2D eigenvalue weighted by Crippen LogP contribution is -2.57. The first-order valence-corrected chi connectivity index (χ1v) is 12.1. The lowest BCUT2D eigenvalue weighted by atomic mass is 10.0. The highest BCUT2D eigenvalue weighted by Crippen LogP contribution is 2.23. The zero-order valence-corrected chi connectivity index (χ0v) is 20.6. The van der Waals surface area contributed by atoms with Gasteiger partial charge in [-0.05, 0) is 47.0 Å². The number of carbonyl (C=O) groups is 2. The lowest BCUT2D eigenvalue weighted by molar-refractivity contribution is -0.140. The normalized spacial score (nSPS) is 19.8. The minimum atomic E-state index is -0.582. The summed E-state index contributed by atoms with van der Waals surface area (Å²) >= 11 is 0. The molecule has 4 rings (SSSR count). The molecule has 2 aromatic rings. The van der Waals surface area contributed by atoms with Gasteiger partial charge in [-0.1, -0.05) is 35.0 Å². The van der Waals surface area contributed by atoms with Gasteiger partial charge in [-0.25, -0.2) is 4.79 Å². The number of rotatable bonds is 4. The summed E-state index contributed by atoms with van der Waals surface area (Å²) < 4.78 is 11.0. The standard InChI is InChI=1S/C25H35N5O4/c1-18-8-10-19(11-9-18)22-26-21(34-27-22)17-28-13-15-29(16-14-28)23(31)20-7-5-6-12-30(20)24(32)33-25(2,3)4/h8-11,20H,5-7,12-17H2,1-4H3. The van der Waals surface area contributed by atoms with Crippen molar-refractivity contribution in [2.24, 2.45) is 0 Å². The fourth-order valence-corrected chi connectivity index (χ4v) is 4.39. The van der Waals surface area contributed by atoms with E-state index in [4.69, 9.17) is 9.26 Å². The molecule has 2 aliphatic rings. The van der Waals surface area contributed by atoms with Gasteiger partial charge >= 0.3 is 6.09 Å². The predicted molar refractivity (Wildman–Crippen MR) is 127 cm³/mol. The van der Waals surface area contributed by atoms with E-state index in [1.807, 2.05) is 56.9 Å². The minimum Gasteiger partial charge on any atom is -0.444 e. The van der Waals surface area contributed by atoms with Crippen LogP contribution in [0.4, 0.5) is 4.79 Å². The molecule has 9 nitrogen and oxygen atoms in total. The van der Waals surface area contributed by atoms with Crippen LogP contribution in [0.15, 0.2) is 28.8 Å². The largest absolute Gasteiger partial charge is 0.444 e. The van der Waals surface area contributed by atoms with E-state index in [1.54, 1.807) is 4.90 Å². The van der Waals surface area contributed by atoms with Gasteiger partial charge in [-0.3, -0.25) is 14.6 Å². The molecule has 0 spiro atoms. The fourth-order valence-electron chi connectivity index (χ4n) is 4.39. The molecule has 184 valence electrons. The summed E-state index contributed by atoms with van der Waals surface area (Å²) in [5.41, 5.74) is 1.53. The number of piperidine rings is 1. The fraction of sp³-hybridized carbons (Fsp3) is 0.600. The summed E-state index contributed by atoms with van der Waals surface area (Å²) in [5.74, 6) is 1.17. The van der Waals surface area contributed by atoms with Crippen molar-refractivity contribution >= 4 is 12.0 Å². The van der Waals surface area contributed by atoms with Gasteiger partial charge < -0.3 is 14.2 Å². The average Bonchev–Trinajstić information content (AvgIpc) is 3.27. The Morgan fingerprint density at radius 2 is 1.76 bits per heavy atom. The number of amides is 2. The van der Waals surface area contributed by atoms with Gasteiger partial charge in [-0.15, -0.1) is 0 Å². The van der Waals surface area contributed by atoms with E-state index in [9.17, 15) is 9.59 Å². The summed E-state index contributed by atoms with van der Waals surface area (Å²) in [6.45, 7) is 11.3. The molecule has 2 aliphatic heterocycles. The van der Waals surface area contributed by atoms with E-state index in [2.05, 4.69) is 15.0 Å². The first kappa shape index (κ1) is 24.2. The van der Waals surface area contributed by atoms with Crippen LogP contribution in [-0.2, 0) is 16.1 Å². The highest BCUT2D eigenvalue weighted by molar-refractivity contribution is 5.86. The molecule has 2 amide bonds. The third-order valence-electron chi connectivity index (χ3n) is 6.24. The molecule has 1 aromatic carbocycles. The van der Waals surface area contributed by atoms with E-state index >= 15 is 0 Å². The number of nitrogens with zero attached hydrogens (tertiary/aromatic N) is 5. The van der Waals surface area contributed by atoms with Gasteiger partial charge in [-0.2, -0.15) is 4.98 Å². The topological polar surface area (TPSA) is 92.0 Å². The molecule has 2 fully saturated rings. The highest BCUT2D eigenvalue weighted by Gasteiger charge is 2.37. The van der Waals surface area contributed by atoms with Crippen molar-refractivity contribution in [2.45, 2.75) is 65.1 Å². The first-order chi connectivity index (χ1) is 16.2. The molecule has 34 heavy (non-hydrogen) atoms. The molecule has 0 N–H and O–H groups in total. The number of aromatic nitrogens is 2. The maximum absolute atomic E-state index is 13.3. The number of aryl methyl sites for hydroxylation is 1. The molecule has 1 atom stereocenters. The van der Waals surface area contributed by atoms with Gasteiger partial charge in [0, 0.05) is 38.3 Å². The van der Waals surface area contributed by atoms with E-state index < -0.39 is 17.7 Å². The molecule has 9 heteroatoms. The van der Waals surface area contributed by atoms with Crippen LogP contribution in [0.5, 0.6) is 0 Å². The second kappa shape index (κ2) is 10.1. The summed E-state index contributed by atoms with van der Waals surface area (Å²) in [4.78, 5) is 36.2. The van der Waals surface area contributed by atoms with Gasteiger partial charge in [0.25, 0.3) is 0 Å².